The number of hydrogen-bond donors (Lipinski definition) is 0. The van der Waals surface area contributed by atoms with Crippen LogP contribution in [0.15, 0.2) is 74.1 Å². The van der Waals surface area contributed by atoms with E-state index in [1.54, 1.807) is 0 Å². The number of nitrogens with zero attached hydrogens (tertiary/aromatic N) is 1. The van der Waals surface area contributed by atoms with E-state index in [1.165, 1.54) is 27.4 Å². The van der Waals surface area contributed by atoms with E-state index in [0.29, 0.717) is 0 Å². The number of rotatable bonds is 2. The van der Waals surface area contributed by atoms with Crippen molar-refractivity contribution in [1.82, 2.24) is 4.57 Å². The monoisotopic (exact) mass is 491 g/mol. The van der Waals surface area contributed by atoms with Crippen molar-refractivity contribution in [2.45, 2.75) is 6.54 Å². The summed E-state index contributed by atoms with van der Waals surface area (Å²) in [6.45, 7) is 0.838. The first kappa shape index (κ1) is 15.4. The highest BCUT2D eigenvalue weighted by atomic mass is 79.9. The third-order valence-corrected chi connectivity index (χ3v) is 5.84. The third kappa shape index (κ3) is 2.77. The molecule has 4 aromatic rings. The first-order valence-electron chi connectivity index (χ1n) is 7.24. The molecule has 4 rings (SSSR count). The number of halogens is 3. The van der Waals surface area contributed by atoms with Gasteiger partial charge in [-0.25, -0.2) is 0 Å². The van der Waals surface area contributed by atoms with Crippen LogP contribution in [0.5, 0.6) is 0 Å². The van der Waals surface area contributed by atoms with E-state index in [1.807, 2.05) is 6.07 Å². The van der Waals surface area contributed by atoms with Crippen molar-refractivity contribution in [1.29, 1.82) is 0 Å². The van der Waals surface area contributed by atoms with Crippen LogP contribution >= 0.6 is 47.8 Å². The quantitative estimate of drug-likeness (QED) is 0.280. The van der Waals surface area contributed by atoms with E-state index in [4.69, 9.17) is 0 Å². The molecule has 114 valence electrons. The van der Waals surface area contributed by atoms with Gasteiger partial charge in [0.2, 0.25) is 0 Å². The van der Waals surface area contributed by atoms with Crippen molar-refractivity contribution in [3.05, 3.63) is 79.6 Å². The molecule has 0 amide bonds. The van der Waals surface area contributed by atoms with Gasteiger partial charge in [-0.15, -0.1) is 0 Å². The molecule has 0 aliphatic rings. The van der Waals surface area contributed by atoms with Gasteiger partial charge >= 0.3 is 0 Å². The zero-order valence-corrected chi connectivity index (χ0v) is 16.8. The summed E-state index contributed by atoms with van der Waals surface area (Å²) in [5, 5.41) is 2.53. The lowest BCUT2D eigenvalue weighted by Gasteiger charge is -2.09. The molecule has 0 unspecified atom stereocenters. The molecule has 0 saturated carbocycles. The molecule has 23 heavy (non-hydrogen) atoms. The number of benzene rings is 3. The SMILES string of the molecule is Brc1ccc2c(c1)c1cc(Br)ccc1n2Cc1ccccc1Br. The first-order valence-corrected chi connectivity index (χ1v) is 9.62. The minimum atomic E-state index is 0.838. The van der Waals surface area contributed by atoms with Gasteiger partial charge in [0, 0.05) is 41.8 Å². The van der Waals surface area contributed by atoms with E-state index in [2.05, 4.69) is 107 Å². The highest BCUT2D eigenvalue weighted by Gasteiger charge is 2.12. The van der Waals surface area contributed by atoms with Crippen LogP contribution in [0, 0.1) is 0 Å². The van der Waals surface area contributed by atoms with Crippen LogP contribution in [-0.4, -0.2) is 4.57 Å². The van der Waals surface area contributed by atoms with Crippen LogP contribution in [0.25, 0.3) is 21.8 Å². The molecule has 0 aliphatic carbocycles. The lowest BCUT2D eigenvalue weighted by Crippen LogP contribution is -2.00. The smallest absolute Gasteiger partial charge is 0.0495 e. The summed E-state index contributed by atoms with van der Waals surface area (Å²) < 4.78 is 5.72. The molecule has 0 bridgehead atoms. The Balaban J connectivity index is 2.02. The maximum absolute atomic E-state index is 3.67. The molecule has 1 heterocycles. The van der Waals surface area contributed by atoms with Crippen LogP contribution < -0.4 is 0 Å². The Kier molecular flexibility index (Phi) is 4.08. The molecule has 0 N–H and O–H groups in total. The van der Waals surface area contributed by atoms with Gasteiger partial charge in [0.25, 0.3) is 0 Å². The van der Waals surface area contributed by atoms with Crippen LogP contribution in [-0.2, 0) is 6.54 Å². The second-order valence-electron chi connectivity index (χ2n) is 5.50. The third-order valence-electron chi connectivity index (χ3n) is 4.08. The first-order chi connectivity index (χ1) is 11.1. The van der Waals surface area contributed by atoms with Crippen molar-refractivity contribution in [2.24, 2.45) is 0 Å². The average Bonchev–Trinajstić information content (AvgIpc) is 2.82. The Morgan fingerprint density at radius 2 is 1.26 bits per heavy atom. The Labute approximate surface area is 159 Å². The van der Waals surface area contributed by atoms with Gasteiger partial charge in [-0.2, -0.15) is 0 Å². The van der Waals surface area contributed by atoms with E-state index in [9.17, 15) is 0 Å². The van der Waals surface area contributed by atoms with Crippen LogP contribution in [0.4, 0.5) is 0 Å². The van der Waals surface area contributed by atoms with Crippen molar-refractivity contribution in [3.8, 4) is 0 Å². The van der Waals surface area contributed by atoms with Crippen molar-refractivity contribution >= 4 is 69.6 Å². The van der Waals surface area contributed by atoms with Crippen molar-refractivity contribution in [2.75, 3.05) is 0 Å². The Hall–Kier alpha value is -1.10. The highest BCUT2D eigenvalue weighted by molar-refractivity contribution is 9.11. The number of hydrogen-bond acceptors (Lipinski definition) is 0. The average molecular weight is 494 g/mol. The van der Waals surface area contributed by atoms with Gasteiger partial charge < -0.3 is 4.57 Å². The molecule has 0 spiro atoms. The summed E-state index contributed by atoms with van der Waals surface area (Å²) in [6.07, 6.45) is 0. The maximum Gasteiger partial charge on any atom is 0.0495 e. The minimum absolute atomic E-state index is 0.838. The summed E-state index contributed by atoms with van der Waals surface area (Å²) in [5.74, 6) is 0. The molecule has 1 aromatic heterocycles. The van der Waals surface area contributed by atoms with Crippen LogP contribution in [0.2, 0.25) is 0 Å². The fourth-order valence-electron chi connectivity index (χ4n) is 3.02. The molecule has 1 nitrogen and oxygen atoms in total. The lowest BCUT2D eigenvalue weighted by molar-refractivity contribution is 0.864. The molecule has 0 saturated heterocycles. The summed E-state index contributed by atoms with van der Waals surface area (Å²) in [4.78, 5) is 0. The van der Waals surface area contributed by atoms with E-state index in [0.717, 1.165) is 20.0 Å². The second kappa shape index (κ2) is 6.08. The predicted molar refractivity (Wildman–Crippen MR) is 108 cm³/mol. The molecule has 0 aliphatic heterocycles. The molecule has 4 heteroatoms. The van der Waals surface area contributed by atoms with Crippen molar-refractivity contribution in [3.63, 3.8) is 0 Å². The molecular formula is C19H12Br3N. The van der Waals surface area contributed by atoms with E-state index in [-0.39, 0.29) is 0 Å². The number of aromatic nitrogens is 1. The molecule has 0 fully saturated rings. The molecule has 0 atom stereocenters. The number of fused-ring (bicyclic) bond motifs is 3. The Bertz CT molecular complexity index is 974. The summed E-state index contributed by atoms with van der Waals surface area (Å²) in [7, 11) is 0. The van der Waals surface area contributed by atoms with Crippen LogP contribution in [0.3, 0.4) is 0 Å². The van der Waals surface area contributed by atoms with Gasteiger partial charge in [-0.3, -0.25) is 0 Å². The molecule has 0 radical (unpaired) electrons. The predicted octanol–water partition coefficient (Wildman–Crippen LogP) is 7.13. The topological polar surface area (TPSA) is 4.93 Å². The summed E-state index contributed by atoms with van der Waals surface area (Å²) in [5.41, 5.74) is 3.77. The van der Waals surface area contributed by atoms with Crippen molar-refractivity contribution < 1.29 is 0 Å². The van der Waals surface area contributed by atoms with Gasteiger partial charge in [-0.1, -0.05) is 66.0 Å². The van der Waals surface area contributed by atoms with Gasteiger partial charge in [0.15, 0.2) is 0 Å². The largest absolute Gasteiger partial charge is 0.336 e. The standard InChI is InChI=1S/C19H12Br3N/c20-13-5-7-18-15(9-13)16-10-14(21)6-8-19(16)23(18)11-12-3-1-2-4-17(12)22/h1-10H,11H2. The van der Waals surface area contributed by atoms with E-state index >= 15 is 0 Å². The summed E-state index contributed by atoms with van der Waals surface area (Å²) >= 11 is 10.9. The van der Waals surface area contributed by atoms with E-state index < -0.39 is 0 Å². The molecule has 3 aromatic carbocycles. The minimum Gasteiger partial charge on any atom is -0.336 e. The fraction of sp³-hybridized carbons (Fsp3) is 0.0526. The Morgan fingerprint density at radius 3 is 1.83 bits per heavy atom. The summed E-state index contributed by atoms with van der Waals surface area (Å²) in [6, 6.07) is 21.4. The lowest BCUT2D eigenvalue weighted by atomic mass is 10.2. The zero-order valence-electron chi connectivity index (χ0n) is 12.1. The van der Waals surface area contributed by atoms with Crippen LogP contribution in [0.1, 0.15) is 5.56 Å². The Morgan fingerprint density at radius 1 is 0.696 bits per heavy atom. The molecular weight excluding hydrogens is 482 g/mol. The zero-order chi connectivity index (χ0) is 16.0. The highest BCUT2D eigenvalue weighted by Crippen LogP contribution is 2.34. The maximum atomic E-state index is 3.67. The fourth-order valence-corrected chi connectivity index (χ4v) is 4.15. The second-order valence-corrected chi connectivity index (χ2v) is 8.19. The van der Waals surface area contributed by atoms with Gasteiger partial charge in [0.05, 0.1) is 0 Å². The van der Waals surface area contributed by atoms with Gasteiger partial charge in [0.1, 0.15) is 0 Å². The normalized spacial score (nSPS) is 11.4. The van der Waals surface area contributed by atoms with Gasteiger partial charge in [-0.05, 0) is 48.0 Å².